The third-order valence-corrected chi connectivity index (χ3v) is 10.3. The van der Waals surface area contributed by atoms with Crippen LogP contribution in [0.2, 0.25) is 0 Å². The second kappa shape index (κ2) is 7.94. The number of carbonyl (C=O) groups excluding carboxylic acids is 4. The number of hydrogen-bond acceptors (Lipinski definition) is 6. The first kappa shape index (κ1) is 23.2. The largest absolute Gasteiger partial charge is 0.342 e. The average Bonchev–Trinajstić information content (AvgIpc) is 3.74. The van der Waals surface area contributed by atoms with Crippen LogP contribution >= 0.6 is 22.7 Å². The Morgan fingerprint density at radius 1 is 0.550 bits per heavy atom. The number of aromatic nitrogens is 2. The Morgan fingerprint density at radius 2 is 0.925 bits per heavy atom. The monoisotopic (exact) mass is 558 g/mol. The fourth-order valence-electron chi connectivity index (χ4n) is 5.92. The quantitative estimate of drug-likeness (QED) is 0.178. The van der Waals surface area contributed by atoms with Crippen molar-refractivity contribution in [2.45, 2.75) is 0 Å². The highest BCUT2D eigenvalue weighted by Gasteiger charge is 2.34. The fraction of sp³-hybridized carbons (Fsp3) is 0.0625. The molecule has 8 heteroatoms. The van der Waals surface area contributed by atoms with Gasteiger partial charge in [0.05, 0.1) is 29.8 Å². The number of allylic oxidation sites excluding steroid dienone is 2. The van der Waals surface area contributed by atoms with Crippen molar-refractivity contribution in [3.05, 3.63) is 94.3 Å². The van der Waals surface area contributed by atoms with Crippen LogP contribution in [0.1, 0.15) is 43.2 Å². The molecule has 0 aliphatic heterocycles. The molecule has 2 aliphatic carbocycles. The van der Waals surface area contributed by atoms with Crippen molar-refractivity contribution >= 4 is 98.9 Å². The van der Waals surface area contributed by atoms with E-state index in [0.717, 1.165) is 41.2 Å². The third-order valence-electron chi connectivity index (χ3n) is 7.94. The molecule has 0 saturated carbocycles. The Hall–Kier alpha value is -4.66. The van der Waals surface area contributed by atoms with E-state index in [9.17, 15) is 19.2 Å². The molecule has 0 bridgehead atoms. The molecular formula is C32H18N2O4S2. The normalized spacial score (nSPS) is 17.1. The van der Waals surface area contributed by atoms with Crippen molar-refractivity contribution < 1.29 is 19.2 Å². The molecule has 6 nitrogen and oxygen atoms in total. The molecule has 0 unspecified atom stereocenters. The first-order chi connectivity index (χ1) is 19.3. The molecule has 0 fully saturated rings. The van der Waals surface area contributed by atoms with Crippen LogP contribution in [0.4, 0.5) is 0 Å². The van der Waals surface area contributed by atoms with Crippen LogP contribution in [-0.2, 0) is 23.7 Å². The summed E-state index contributed by atoms with van der Waals surface area (Å²) in [7, 11) is 3.96. The van der Waals surface area contributed by atoms with E-state index in [-0.39, 0.29) is 0 Å². The first-order valence-corrected chi connectivity index (χ1v) is 14.3. The SMILES string of the molecule is Cn1c(/C=C2\C(=O)C(=O)c3ccccc32)cc2sc3c(sc4cc(/C=C5\C(=O)C(=O)c6ccccc65)n(C)c43)c21. The van der Waals surface area contributed by atoms with Gasteiger partial charge in [0.15, 0.2) is 0 Å². The van der Waals surface area contributed by atoms with Crippen molar-refractivity contribution in [2.24, 2.45) is 14.1 Å². The summed E-state index contributed by atoms with van der Waals surface area (Å²) in [5.41, 5.74) is 7.04. The van der Waals surface area contributed by atoms with Crippen molar-refractivity contribution in [3.63, 3.8) is 0 Å². The zero-order valence-electron chi connectivity index (χ0n) is 21.3. The van der Waals surface area contributed by atoms with Crippen LogP contribution in [0, 0.1) is 0 Å². The minimum Gasteiger partial charge on any atom is -0.342 e. The van der Waals surface area contributed by atoms with Crippen molar-refractivity contribution in [2.75, 3.05) is 0 Å². The molecule has 0 N–H and O–H groups in total. The van der Waals surface area contributed by atoms with Gasteiger partial charge in [-0.25, -0.2) is 0 Å². The molecule has 8 rings (SSSR count). The number of rotatable bonds is 2. The summed E-state index contributed by atoms with van der Waals surface area (Å²) in [6.07, 6.45) is 3.64. The van der Waals surface area contributed by atoms with E-state index < -0.39 is 23.1 Å². The van der Waals surface area contributed by atoms with E-state index in [0.29, 0.717) is 33.4 Å². The van der Waals surface area contributed by atoms with Crippen molar-refractivity contribution in [1.29, 1.82) is 0 Å². The summed E-state index contributed by atoms with van der Waals surface area (Å²) in [6, 6.07) is 18.4. The van der Waals surface area contributed by atoms with Gasteiger partial charge in [0, 0.05) is 47.8 Å². The third kappa shape index (κ3) is 2.92. The van der Waals surface area contributed by atoms with Gasteiger partial charge in [0.2, 0.25) is 23.1 Å². The molecule has 0 atom stereocenters. The summed E-state index contributed by atoms with van der Waals surface area (Å²) in [6.45, 7) is 0. The molecule has 6 aromatic rings. The maximum absolute atomic E-state index is 12.8. The van der Waals surface area contributed by atoms with Gasteiger partial charge in [0.1, 0.15) is 0 Å². The first-order valence-electron chi connectivity index (χ1n) is 12.6. The number of nitrogens with zero attached hydrogens (tertiary/aromatic N) is 2. The number of carbonyl (C=O) groups is 4. The van der Waals surface area contributed by atoms with Gasteiger partial charge in [0.25, 0.3) is 0 Å². The minimum atomic E-state index is -0.468. The summed E-state index contributed by atoms with van der Waals surface area (Å²) >= 11 is 3.37. The Labute approximate surface area is 235 Å². The van der Waals surface area contributed by atoms with Gasteiger partial charge in [-0.15, -0.1) is 22.7 Å². The topological polar surface area (TPSA) is 78.1 Å². The lowest BCUT2D eigenvalue weighted by atomic mass is 10.1. The highest BCUT2D eigenvalue weighted by atomic mass is 32.1. The zero-order chi connectivity index (χ0) is 27.4. The van der Waals surface area contributed by atoms with Gasteiger partial charge < -0.3 is 9.13 Å². The van der Waals surface area contributed by atoms with E-state index >= 15 is 0 Å². The standard InChI is InChI=1S/C32H18N2O4S2/c1-33-15(11-21-17-7-3-5-9-19(17)27(35)29(21)37)13-23-25(33)31-32(39-23)26-24(40-31)14-16(34(26)2)12-22-18-8-4-6-10-20(18)28(36)30(22)38/h3-14H,1-2H3/b21-11-,22-12-. The van der Waals surface area contributed by atoms with E-state index in [1.165, 1.54) is 0 Å². The maximum Gasteiger partial charge on any atom is 0.234 e. The Bertz CT molecular complexity index is 2100. The number of hydrogen-bond donors (Lipinski definition) is 0. The molecule has 192 valence electrons. The van der Waals surface area contributed by atoms with Crippen LogP contribution < -0.4 is 0 Å². The van der Waals surface area contributed by atoms with E-state index in [1.54, 1.807) is 46.9 Å². The van der Waals surface area contributed by atoms with Gasteiger partial charge in [-0.2, -0.15) is 0 Å². The molecule has 0 amide bonds. The molecule has 40 heavy (non-hydrogen) atoms. The smallest absolute Gasteiger partial charge is 0.234 e. The number of benzene rings is 2. The van der Waals surface area contributed by atoms with E-state index in [2.05, 4.69) is 21.3 Å². The lowest BCUT2D eigenvalue weighted by molar-refractivity contribution is -0.110. The van der Waals surface area contributed by atoms with Gasteiger partial charge >= 0.3 is 0 Å². The molecule has 4 heterocycles. The van der Waals surface area contributed by atoms with Crippen LogP contribution in [0.3, 0.4) is 0 Å². The Morgan fingerprint density at radius 3 is 1.32 bits per heavy atom. The van der Waals surface area contributed by atoms with Crippen LogP contribution in [-0.4, -0.2) is 32.3 Å². The van der Waals surface area contributed by atoms with Crippen LogP contribution in [0.5, 0.6) is 0 Å². The van der Waals surface area contributed by atoms with Crippen LogP contribution in [0.15, 0.2) is 60.7 Å². The number of ketones is 4. The second-order valence-electron chi connectivity index (χ2n) is 10.1. The number of thiophene rings is 2. The molecular weight excluding hydrogens is 540 g/mol. The summed E-state index contributed by atoms with van der Waals surface area (Å²) in [5.74, 6) is -1.85. The van der Waals surface area contributed by atoms with Crippen molar-refractivity contribution in [3.8, 4) is 0 Å². The fourth-order valence-corrected chi connectivity index (χ4v) is 8.84. The predicted molar refractivity (Wildman–Crippen MR) is 160 cm³/mol. The molecule has 0 radical (unpaired) electrons. The number of fused-ring (bicyclic) bond motifs is 7. The van der Waals surface area contributed by atoms with Gasteiger partial charge in [-0.3, -0.25) is 19.2 Å². The average molecular weight is 559 g/mol. The molecule has 2 aromatic carbocycles. The Kier molecular flexibility index (Phi) is 4.61. The van der Waals surface area contributed by atoms with E-state index in [4.69, 9.17) is 0 Å². The van der Waals surface area contributed by atoms with E-state index in [1.807, 2.05) is 50.5 Å². The lowest BCUT2D eigenvalue weighted by Crippen LogP contribution is -2.05. The number of aryl methyl sites for hydroxylation is 2. The van der Waals surface area contributed by atoms with Crippen LogP contribution in [0.25, 0.3) is 53.1 Å². The lowest BCUT2D eigenvalue weighted by Gasteiger charge is -2.02. The molecule has 4 aromatic heterocycles. The molecule has 0 spiro atoms. The maximum atomic E-state index is 12.8. The molecule has 2 aliphatic rings. The zero-order valence-corrected chi connectivity index (χ0v) is 22.9. The summed E-state index contributed by atoms with van der Waals surface area (Å²) in [4.78, 5) is 50.5. The van der Waals surface area contributed by atoms with Gasteiger partial charge in [-0.05, 0) is 35.4 Å². The second-order valence-corrected chi connectivity index (χ2v) is 12.2. The Balaban J connectivity index is 1.26. The highest BCUT2D eigenvalue weighted by molar-refractivity contribution is 7.36. The minimum absolute atomic E-state index is 0.431. The predicted octanol–water partition coefficient (Wildman–Crippen LogP) is 6.56. The summed E-state index contributed by atoms with van der Waals surface area (Å²) in [5, 5.41) is 0. The summed E-state index contributed by atoms with van der Waals surface area (Å²) < 4.78 is 8.65. The number of Topliss-reactive ketones (excluding diaryl/α,β-unsaturated/α-hetero) is 4. The van der Waals surface area contributed by atoms with Gasteiger partial charge in [-0.1, -0.05) is 48.5 Å². The molecule has 0 saturated heterocycles. The highest BCUT2D eigenvalue weighted by Crippen LogP contribution is 2.47. The van der Waals surface area contributed by atoms with Crippen molar-refractivity contribution in [1.82, 2.24) is 9.13 Å².